The van der Waals surface area contributed by atoms with E-state index in [1.807, 2.05) is 48.5 Å². The van der Waals surface area contributed by atoms with Crippen molar-refractivity contribution in [3.63, 3.8) is 0 Å². The first-order chi connectivity index (χ1) is 21.6. The number of hydrogen-bond donors (Lipinski definition) is 1. The summed E-state index contributed by atoms with van der Waals surface area (Å²) in [6, 6.07) is 20.3. The minimum Gasteiger partial charge on any atom is -0.489 e. The fourth-order valence-corrected chi connectivity index (χ4v) is 11.4. The van der Waals surface area contributed by atoms with Crippen LogP contribution in [0, 0.1) is 29.6 Å². The number of thioether (sulfide) groups is 1. The summed E-state index contributed by atoms with van der Waals surface area (Å²) in [4.78, 5) is 45.1. The van der Waals surface area contributed by atoms with Crippen LogP contribution in [0.25, 0.3) is 0 Å². The van der Waals surface area contributed by atoms with Crippen molar-refractivity contribution in [2.24, 2.45) is 29.6 Å². The van der Waals surface area contributed by atoms with Crippen molar-refractivity contribution in [2.45, 2.75) is 35.4 Å². The van der Waals surface area contributed by atoms with Gasteiger partial charge >= 0.3 is 11.0 Å². The molecule has 2 bridgehead atoms. The molecular weight excluding hydrogens is 689 g/mol. The second kappa shape index (κ2) is 10.6. The number of thiazole rings is 1. The average molecular weight is 714 g/mol. The van der Waals surface area contributed by atoms with E-state index in [1.54, 1.807) is 0 Å². The van der Waals surface area contributed by atoms with Gasteiger partial charge in [-0.1, -0.05) is 69.7 Å². The number of aromatic nitrogens is 1. The molecule has 2 amide bonds. The molecule has 12 heteroatoms. The molecule has 7 atom stereocenters. The summed E-state index contributed by atoms with van der Waals surface area (Å²) in [7, 11) is 0. The van der Waals surface area contributed by atoms with Gasteiger partial charge in [-0.25, -0.2) is 4.90 Å². The number of fused-ring (bicyclic) bond motifs is 9. The lowest BCUT2D eigenvalue weighted by atomic mass is 9.68. The zero-order valence-corrected chi connectivity index (χ0v) is 26.5. The van der Waals surface area contributed by atoms with Gasteiger partial charge in [-0.15, -0.1) is 11.8 Å². The molecule has 0 radical (unpaired) electrons. The largest absolute Gasteiger partial charge is 0.489 e. The number of carbonyl (C=O) groups is 2. The summed E-state index contributed by atoms with van der Waals surface area (Å²) in [6.07, 6.45) is -4.10. The fraction of sp³-hybridized carbons (Fsp3) is 0.303. The molecule has 6 nitrogen and oxygen atoms in total. The maximum Gasteiger partial charge on any atom is 0.418 e. The van der Waals surface area contributed by atoms with E-state index in [4.69, 9.17) is 4.74 Å². The number of ether oxygens (including phenoxy) is 1. The van der Waals surface area contributed by atoms with Crippen molar-refractivity contribution in [3.05, 3.63) is 109 Å². The Kier molecular flexibility index (Phi) is 6.85. The van der Waals surface area contributed by atoms with Crippen LogP contribution in [0.4, 0.5) is 18.9 Å². The van der Waals surface area contributed by atoms with Gasteiger partial charge in [-0.05, 0) is 60.1 Å². The molecule has 2 saturated carbocycles. The molecule has 0 spiro atoms. The van der Waals surface area contributed by atoms with E-state index in [9.17, 15) is 27.6 Å². The van der Waals surface area contributed by atoms with Gasteiger partial charge in [0.15, 0.2) is 0 Å². The van der Waals surface area contributed by atoms with E-state index in [0.717, 1.165) is 47.8 Å². The van der Waals surface area contributed by atoms with Gasteiger partial charge in [0.2, 0.25) is 11.8 Å². The Hall–Kier alpha value is -3.35. The topological polar surface area (TPSA) is 79.5 Å². The number of H-pyrrole nitrogens is 1. The van der Waals surface area contributed by atoms with Crippen LogP contribution in [-0.2, 0) is 22.4 Å². The van der Waals surface area contributed by atoms with E-state index in [0.29, 0.717) is 18.8 Å². The van der Waals surface area contributed by atoms with Crippen molar-refractivity contribution in [1.82, 2.24) is 4.98 Å². The molecule has 3 heterocycles. The number of nitrogens with zero attached hydrogens (tertiary/aromatic N) is 1. The van der Waals surface area contributed by atoms with Crippen LogP contribution in [0.3, 0.4) is 0 Å². The SMILES string of the molecule is O=C1C2C3CC(C2C(=O)N1c1ccccc1C(F)(F)F)C1C3Sc2[nH]c(=O)sc2[C@@H]1c1cc(Br)ccc1OCc1ccccc1. The Labute approximate surface area is 272 Å². The number of carbonyl (C=O) groups excluding carboxylic acids is 2. The lowest BCUT2D eigenvalue weighted by molar-refractivity contribution is -0.137. The van der Waals surface area contributed by atoms with E-state index in [2.05, 4.69) is 20.9 Å². The number of rotatable bonds is 5. The van der Waals surface area contributed by atoms with Gasteiger partial charge in [0.1, 0.15) is 12.4 Å². The predicted octanol–water partition coefficient (Wildman–Crippen LogP) is 7.47. The highest BCUT2D eigenvalue weighted by Crippen LogP contribution is 2.69. The lowest BCUT2D eigenvalue weighted by Gasteiger charge is -2.43. The van der Waals surface area contributed by atoms with Crippen molar-refractivity contribution >= 4 is 56.5 Å². The van der Waals surface area contributed by atoms with Gasteiger partial charge < -0.3 is 9.72 Å². The normalized spacial score (nSPS) is 28.3. The molecule has 1 saturated heterocycles. The predicted molar refractivity (Wildman–Crippen MR) is 167 cm³/mol. The summed E-state index contributed by atoms with van der Waals surface area (Å²) in [5.74, 6) is -2.85. The standard InChI is InChI=1S/C33H24BrF3N2O4S2/c34-16-10-11-22(43-14-15-6-2-1-3-7-15)17(12-16)23-24-18-13-19(27(24)44-29-28(23)45-32(42)38-29)26-25(18)30(40)39(31(26)41)21-9-5-4-8-20(21)33(35,36)37/h1-12,18-19,23-27H,13-14H2,(H,38,42)/t18?,19?,23-,24?,25?,26?,27?/m1/s1. The third-order valence-corrected chi connectivity index (χ3v) is 12.8. The van der Waals surface area contributed by atoms with Crippen LogP contribution < -0.4 is 14.5 Å². The number of alkyl halides is 3. The zero-order chi connectivity index (χ0) is 31.2. The maximum atomic E-state index is 14.1. The highest BCUT2D eigenvalue weighted by molar-refractivity contribution is 9.10. The summed E-state index contributed by atoms with van der Waals surface area (Å²) in [5, 5.41) is 0.625. The number of anilines is 1. The first kappa shape index (κ1) is 29.1. The molecule has 4 aliphatic rings. The maximum absolute atomic E-state index is 14.1. The average Bonchev–Trinajstić information content (AvgIpc) is 3.75. The van der Waals surface area contributed by atoms with Gasteiger partial charge in [-0.2, -0.15) is 13.2 Å². The monoisotopic (exact) mass is 712 g/mol. The first-order valence-corrected chi connectivity index (χ1v) is 17.0. The minimum atomic E-state index is -4.72. The van der Waals surface area contributed by atoms with E-state index in [1.165, 1.54) is 30.0 Å². The van der Waals surface area contributed by atoms with Crippen molar-refractivity contribution in [2.75, 3.05) is 4.90 Å². The number of nitrogens with one attached hydrogen (secondary N) is 1. The molecule has 1 aromatic heterocycles. The van der Waals surface area contributed by atoms with E-state index in [-0.39, 0.29) is 33.8 Å². The second-order valence-electron chi connectivity index (χ2n) is 11.9. The molecule has 2 aliphatic heterocycles. The van der Waals surface area contributed by atoms with Crippen LogP contribution in [0.2, 0.25) is 0 Å². The number of para-hydroxylation sites is 1. The summed E-state index contributed by atoms with van der Waals surface area (Å²) in [5.41, 5.74) is 0.450. The molecule has 3 aromatic carbocycles. The van der Waals surface area contributed by atoms with Gasteiger partial charge in [0.25, 0.3) is 0 Å². The highest BCUT2D eigenvalue weighted by atomic mass is 79.9. The molecule has 2 aliphatic carbocycles. The van der Waals surface area contributed by atoms with Crippen LogP contribution >= 0.6 is 39.0 Å². The fourth-order valence-electron chi connectivity index (χ4n) is 8.14. The summed E-state index contributed by atoms with van der Waals surface area (Å²) >= 11 is 6.28. The molecule has 45 heavy (non-hydrogen) atoms. The van der Waals surface area contributed by atoms with Gasteiger partial charge in [0.05, 0.1) is 28.1 Å². The highest BCUT2D eigenvalue weighted by Gasteiger charge is 2.70. The zero-order valence-electron chi connectivity index (χ0n) is 23.3. The Morgan fingerprint density at radius 3 is 2.40 bits per heavy atom. The van der Waals surface area contributed by atoms with Crippen molar-refractivity contribution in [1.29, 1.82) is 0 Å². The molecule has 6 unspecified atom stereocenters. The summed E-state index contributed by atoms with van der Waals surface area (Å²) in [6.45, 7) is 0.332. The van der Waals surface area contributed by atoms with Crippen molar-refractivity contribution in [3.8, 4) is 5.75 Å². The first-order valence-electron chi connectivity index (χ1n) is 14.5. The molecule has 230 valence electrons. The Bertz CT molecular complexity index is 1910. The number of benzene rings is 3. The third-order valence-electron chi connectivity index (χ3n) is 9.72. The van der Waals surface area contributed by atoms with Crippen molar-refractivity contribution < 1.29 is 27.5 Å². The van der Waals surface area contributed by atoms with Crippen LogP contribution in [0.1, 0.15) is 33.9 Å². The van der Waals surface area contributed by atoms with Crippen LogP contribution in [-0.4, -0.2) is 22.0 Å². The number of aromatic amines is 1. The Morgan fingerprint density at radius 1 is 0.933 bits per heavy atom. The Morgan fingerprint density at radius 2 is 1.64 bits per heavy atom. The quantitative estimate of drug-likeness (QED) is 0.217. The van der Waals surface area contributed by atoms with Crippen LogP contribution in [0.15, 0.2) is 87.1 Å². The van der Waals surface area contributed by atoms with Gasteiger partial charge in [0, 0.05) is 26.1 Å². The van der Waals surface area contributed by atoms with Gasteiger partial charge in [-0.3, -0.25) is 14.4 Å². The Balaban J connectivity index is 1.21. The number of hydrogen-bond acceptors (Lipinski definition) is 6. The molecule has 4 aromatic rings. The second-order valence-corrected chi connectivity index (χ2v) is 15.1. The minimum absolute atomic E-state index is 0.116. The van der Waals surface area contributed by atoms with E-state index >= 15 is 0 Å². The summed E-state index contributed by atoms with van der Waals surface area (Å²) < 4.78 is 49.2. The molecular formula is C33H24BrF3N2O4S2. The lowest BCUT2D eigenvalue weighted by Crippen LogP contribution is -2.42. The molecule has 8 rings (SSSR count). The van der Waals surface area contributed by atoms with E-state index < -0.39 is 41.1 Å². The van der Waals surface area contributed by atoms with Crippen LogP contribution in [0.5, 0.6) is 5.75 Å². The molecule has 1 N–H and O–H groups in total. The molecule has 3 fully saturated rings. The third kappa shape index (κ3) is 4.54. The number of amides is 2. The number of halogens is 4. The smallest absolute Gasteiger partial charge is 0.418 e. The number of imide groups is 1.